The number of rotatable bonds is 5. The molecule has 0 radical (unpaired) electrons. The second-order valence-electron chi connectivity index (χ2n) is 6.41. The van der Waals surface area contributed by atoms with Gasteiger partial charge in [0.05, 0.1) is 25.9 Å². The minimum atomic E-state index is -0.764. The molecule has 2 aromatic carbocycles. The zero-order chi connectivity index (χ0) is 18.5. The third-order valence-electron chi connectivity index (χ3n) is 4.19. The first kappa shape index (κ1) is 18.5. The molecule has 3 rings (SSSR count). The topological polar surface area (TPSA) is 38.8 Å². The molecular weight excluding hydrogens is 340 g/mol. The number of amides is 1. The molecule has 1 heterocycles. The van der Waals surface area contributed by atoms with Crippen molar-refractivity contribution in [2.24, 2.45) is 0 Å². The molecule has 1 saturated heterocycles. The van der Waals surface area contributed by atoms with Gasteiger partial charge in [-0.15, -0.1) is 0 Å². The Hall–Kier alpha value is -2.31. The van der Waals surface area contributed by atoms with Crippen LogP contribution in [0.4, 0.5) is 8.78 Å². The summed E-state index contributed by atoms with van der Waals surface area (Å²) in [6, 6.07) is 10.9. The standard InChI is InChI=1S/C20H21F2NO3/c1-14-3-2-4-15(7-14)12-25-13-19-11-23(5-6-26-19)20(24)16-8-17(21)10-18(22)9-16/h2-4,7-10,19H,5-6,11-13H2,1H3. The molecule has 2 aromatic rings. The number of hydrogen-bond acceptors (Lipinski definition) is 3. The van der Waals surface area contributed by atoms with Crippen LogP contribution in [0, 0.1) is 18.6 Å². The van der Waals surface area contributed by atoms with Gasteiger partial charge in [0.25, 0.3) is 5.91 Å². The highest BCUT2D eigenvalue weighted by Gasteiger charge is 2.25. The summed E-state index contributed by atoms with van der Waals surface area (Å²) >= 11 is 0. The maximum Gasteiger partial charge on any atom is 0.254 e. The monoisotopic (exact) mass is 361 g/mol. The molecule has 4 nitrogen and oxygen atoms in total. The van der Waals surface area contributed by atoms with Crippen molar-refractivity contribution in [3.8, 4) is 0 Å². The van der Waals surface area contributed by atoms with Gasteiger partial charge in [-0.1, -0.05) is 29.8 Å². The number of carbonyl (C=O) groups is 1. The average Bonchev–Trinajstić information content (AvgIpc) is 2.60. The van der Waals surface area contributed by atoms with Gasteiger partial charge in [-0.3, -0.25) is 4.79 Å². The van der Waals surface area contributed by atoms with Gasteiger partial charge in [-0.2, -0.15) is 0 Å². The van der Waals surface area contributed by atoms with E-state index in [1.807, 2.05) is 25.1 Å². The summed E-state index contributed by atoms with van der Waals surface area (Å²) in [7, 11) is 0. The fourth-order valence-electron chi connectivity index (χ4n) is 2.97. The summed E-state index contributed by atoms with van der Waals surface area (Å²) in [5.74, 6) is -1.94. The number of carbonyl (C=O) groups excluding carboxylic acids is 1. The molecule has 1 aliphatic heterocycles. The summed E-state index contributed by atoms with van der Waals surface area (Å²) < 4.78 is 38.0. The van der Waals surface area contributed by atoms with Gasteiger partial charge in [0, 0.05) is 24.7 Å². The molecule has 138 valence electrons. The van der Waals surface area contributed by atoms with Crippen LogP contribution in [0.2, 0.25) is 0 Å². The number of benzene rings is 2. The minimum Gasteiger partial charge on any atom is -0.374 e. The normalized spacial score (nSPS) is 17.3. The van der Waals surface area contributed by atoms with E-state index in [9.17, 15) is 13.6 Å². The van der Waals surface area contributed by atoms with E-state index >= 15 is 0 Å². The Kier molecular flexibility index (Phi) is 5.96. The third-order valence-corrected chi connectivity index (χ3v) is 4.19. The first-order valence-electron chi connectivity index (χ1n) is 8.51. The molecule has 26 heavy (non-hydrogen) atoms. The zero-order valence-electron chi connectivity index (χ0n) is 14.6. The van der Waals surface area contributed by atoms with Crippen LogP contribution < -0.4 is 0 Å². The van der Waals surface area contributed by atoms with E-state index in [2.05, 4.69) is 6.07 Å². The van der Waals surface area contributed by atoms with Crippen molar-refractivity contribution in [2.75, 3.05) is 26.3 Å². The van der Waals surface area contributed by atoms with Crippen LogP contribution >= 0.6 is 0 Å². The number of aryl methyl sites for hydroxylation is 1. The van der Waals surface area contributed by atoms with Crippen molar-refractivity contribution in [2.45, 2.75) is 19.6 Å². The minimum absolute atomic E-state index is 0.00355. The Morgan fingerprint density at radius 3 is 2.73 bits per heavy atom. The number of morpholine rings is 1. The Bertz CT molecular complexity index is 761. The molecular formula is C20H21F2NO3. The van der Waals surface area contributed by atoms with Gasteiger partial charge in [-0.25, -0.2) is 8.78 Å². The fraction of sp³-hybridized carbons (Fsp3) is 0.350. The van der Waals surface area contributed by atoms with E-state index in [-0.39, 0.29) is 11.7 Å². The lowest BCUT2D eigenvalue weighted by atomic mass is 10.1. The smallest absolute Gasteiger partial charge is 0.254 e. The second kappa shape index (κ2) is 8.38. The zero-order valence-corrected chi connectivity index (χ0v) is 14.6. The van der Waals surface area contributed by atoms with E-state index in [4.69, 9.17) is 9.47 Å². The van der Waals surface area contributed by atoms with Crippen LogP contribution in [0.15, 0.2) is 42.5 Å². The predicted octanol–water partition coefficient (Wildman–Crippen LogP) is 3.33. The van der Waals surface area contributed by atoms with Gasteiger partial charge in [0.2, 0.25) is 0 Å². The highest BCUT2D eigenvalue weighted by molar-refractivity contribution is 5.94. The van der Waals surface area contributed by atoms with Crippen LogP contribution in [0.25, 0.3) is 0 Å². The quantitative estimate of drug-likeness (QED) is 0.820. The molecule has 6 heteroatoms. The van der Waals surface area contributed by atoms with Crippen molar-refractivity contribution in [3.63, 3.8) is 0 Å². The Balaban J connectivity index is 1.54. The molecule has 0 aromatic heterocycles. The summed E-state index contributed by atoms with van der Waals surface area (Å²) in [4.78, 5) is 14.0. The van der Waals surface area contributed by atoms with Gasteiger partial charge in [0.1, 0.15) is 11.6 Å². The van der Waals surface area contributed by atoms with Gasteiger partial charge in [-0.05, 0) is 24.6 Å². The molecule has 1 fully saturated rings. The molecule has 0 bridgehead atoms. The third kappa shape index (κ3) is 4.86. The van der Waals surface area contributed by atoms with Gasteiger partial charge >= 0.3 is 0 Å². The lowest BCUT2D eigenvalue weighted by Gasteiger charge is -2.33. The van der Waals surface area contributed by atoms with Crippen molar-refractivity contribution in [1.29, 1.82) is 0 Å². The molecule has 1 aliphatic rings. The molecule has 0 spiro atoms. The van der Waals surface area contributed by atoms with E-state index in [1.54, 1.807) is 4.90 Å². The first-order valence-corrected chi connectivity index (χ1v) is 8.51. The van der Waals surface area contributed by atoms with Crippen molar-refractivity contribution >= 4 is 5.91 Å². The van der Waals surface area contributed by atoms with E-state index in [1.165, 1.54) is 5.56 Å². The lowest BCUT2D eigenvalue weighted by Crippen LogP contribution is -2.47. The molecule has 1 atom stereocenters. The SMILES string of the molecule is Cc1cccc(COCC2CN(C(=O)c3cc(F)cc(F)c3)CCO2)c1. The predicted molar refractivity (Wildman–Crippen MR) is 92.8 cm³/mol. The Morgan fingerprint density at radius 1 is 1.23 bits per heavy atom. The van der Waals surface area contributed by atoms with Crippen molar-refractivity contribution in [1.82, 2.24) is 4.90 Å². The molecule has 0 saturated carbocycles. The molecule has 1 amide bonds. The maximum atomic E-state index is 13.3. The highest BCUT2D eigenvalue weighted by Crippen LogP contribution is 2.14. The summed E-state index contributed by atoms with van der Waals surface area (Å²) in [6.07, 6.45) is -0.268. The molecule has 0 aliphatic carbocycles. The first-order chi connectivity index (χ1) is 12.5. The number of nitrogens with zero attached hydrogens (tertiary/aromatic N) is 1. The van der Waals surface area contributed by atoms with Crippen LogP contribution in [-0.4, -0.2) is 43.2 Å². The van der Waals surface area contributed by atoms with Gasteiger partial charge < -0.3 is 14.4 Å². The number of halogens is 2. The number of hydrogen-bond donors (Lipinski definition) is 0. The summed E-state index contributed by atoms with van der Waals surface area (Å²) in [6.45, 7) is 3.89. The maximum absolute atomic E-state index is 13.3. The van der Waals surface area contributed by atoms with Crippen LogP contribution in [0.5, 0.6) is 0 Å². The number of ether oxygens (including phenoxy) is 2. The van der Waals surface area contributed by atoms with E-state index < -0.39 is 17.5 Å². The molecule has 1 unspecified atom stereocenters. The van der Waals surface area contributed by atoms with E-state index in [0.29, 0.717) is 32.9 Å². The van der Waals surface area contributed by atoms with Crippen LogP contribution in [0.3, 0.4) is 0 Å². The largest absolute Gasteiger partial charge is 0.374 e. The lowest BCUT2D eigenvalue weighted by molar-refractivity contribution is -0.0647. The van der Waals surface area contributed by atoms with Crippen molar-refractivity contribution in [3.05, 3.63) is 70.8 Å². The average molecular weight is 361 g/mol. The molecule has 0 N–H and O–H groups in total. The van der Waals surface area contributed by atoms with Crippen LogP contribution in [-0.2, 0) is 16.1 Å². The Labute approximate surface area is 151 Å². The van der Waals surface area contributed by atoms with Gasteiger partial charge in [0.15, 0.2) is 0 Å². The fourth-order valence-corrected chi connectivity index (χ4v) is 2.97. The van der Waals surface area contributed by atoms with E-state index in [0.717, 1.165) is 23.8 Å². The van der Waals surface area contributed by atoms with Crippen LogP contribution in [0.1, 0.15) is 21.5 Å². The van der Waals surface area contributed by atoms with Crippen molar-refractivity contribution < 1.29 is 23.0 Å². The summed E-state index contributed by atoms with van der Waals surface area (Å²) in [5.41, 5.74) is 2.24. The second-order valence-corrected chi connectivity index (χ2v) is 6.41. The highest BCUT2D eigenvalue weighted by atomic mass is 19.1. The Morgan fingerprint density at radius 2 is 2.00 bits per heavy atom. The summed E-state index contributed by atoms with van der Waals surface area (Å²) in [5, 5.41) is 0.